The van der Waals surface area contributed by atoms with Crippen LogP contribution in [0.15, 0.2) is 78.9 Å². The third kappa shape index (κ3) is 6.17. The highest BCUT2D eigenvalue weighted by atomic mass is 19.1. The van der Waals surface area contributed by atoms with Crippen LogP contribution < -0.4 is 4.74 Å². The van der Waals surface area contributed by atoms with E-state index in [0.717, 1.165) is 41.2 Å². The molecule has 4 aromatic rings. The van der Waals surface area contributed by atoms with Gasteiger partial charge in [-0.2, -0.15) is 5.10 Å². The lowest BCUT2D eigenvalue weighted by molar-refractivity contribution is 0.101. The van der Waals surface area contributed by atoms with Gasteiger partial charge in [0.15, 0.2) is 11.6 Å². The molecule has 0 bridgehead atoms. The summed E-state index contributed by atoms with van der Waals surface area (Å²) in [4.78, 5) is 2.15. The molecule has 188 valence electrons. The minimum atomic E-state index is -0.794. The molecular weight excluding hydrogens is 460 g/mol. The monoisotopic (exact) mass is 491 g/mol. The Morgan fingerprint density at radius 2 is 1.61 bits per heavy atom. The molecule has 0 saturated carbocycles. The van der Waals surface area contributed by atoms with Crippen molar-refractivity contribution in [1.82, 2.24) is 14.7 Å². The van der Waals surface area contributed by atoms with Crippen LogP contribution in [0.1, 0.15) is 36.8 Å². The number of aryl methyl sites for hydroxylation is 1. The number of benzene rings is 3. The molecule has 0 aliphatic carbocycles. The van der Waals surface area contributed by atoms with Crippen LogP contribution in [0.5, 0.6) is 11.6 Å². The highest BCUT2D eigenvalue weighted by molar-refractivity contribution is 5.43. The molecule has 1 aromatic heterocycles. The van der Waals surface area contributed by atoms with Gasteiger partial charge in [-0.05, 0) is 42.7 Å². The highest BCUT2D eigenvalue weighted by Crippen LogP contribution is 2.33. The van der Waals surface area contributed by atoms with Crippen molar-refractivity contribution in [2.24, 2.45) is 5.92 Å². The number of hydrogen-bond acceptors (Lipinski definition) is 4. The maximum atomic E-state index is 14.6. The van der Waals surface area contributed by atoms with Crippen LogP contribution in [0, 0.1) is 24.5 Å². The quantitative estimate of drug-likeness (QED) is 0.277. The Balaban J connectivity index is 1.71. The average molecular weight is 492 g/mol. The van der Waals surface area contributed by atoms with E-state index < -0.39 is 17.7 Å². The molecule has 0 radical (unpaired) electrons. The number of aliphatic hydroxyl groups excluding tert-OH is 1. The molecule has 4 rings (SSSR count). The fraction of sp³-hybridized carbons (Fsp3) is 0.276. The van der Waals surface area contributed by atoms with Gasteiger partial charge in [0.25, 0.3) is 0 Å². The van der Waals surface area contributed by atoms with Crippen molar-refractivity contribution in [3.8, 4) is 17.3 Å². The van der Waals surface area contributed by atoms with Crippen LogP contribution in [0.3, 0.4) is 0 Å². The first-order valence-electron chi connectivity index (χ1n) is 12.0. The number of halogens is 2. The molecule has 36 heavy (non-hydrogen) atoms. The van der Waals surface area contributed by atoms with Gasteiger partial charge in [0.05, 0.1) is 23.0 Å². The van der Waals surface area contributed by atoms with Gasteiger partial charge < -0.3 is 9.84 Å². The van der Waals surface area contributed by atoms with Gasteiger partial charge in [0, 0.05) is 25.7 Å². The van der Waals surface area contributed by atoms with Gasteiger partial charge in [-0.25, -0.2) is 13.5 Å². The van der Waals surface area contributed by atoms with Crippen LogP contribution in [0.2, 0.25) is 0 Å². The Labute approximate surface area is 210 Å². The molecule has 0 spiro atoms. The minimum Gasteiger partial charge on any atom is -0.435 e. The second kappa shape index (κ2) is 11.5. The first-order valence-corrected chi connectivity index (χ1v) is 12.0. The number of para-hydroxylation sites is 1. The van der Waals surface area contributed by atoms with Crippen LogP contribution in [-0.4, -0.2) is 32.9 Å². The summed E-state index contributed by atoms with van der Waals surface area (Å²) >= 11 is 0. The molecule has 0 fully saturated rings. The van der Waals surface area contributed by atoms with Crippen LogP contribution >= 0.6 is 0 Å². The third-order valence-corrected chi connectivity index (χ3v) is 5.86. The Bertz CT molecular complexity index is 1280. The third-order valence-electron chi connectivity index (χ3n) is 5.86. The predicted molar refractivity (Wildman–Crippen MR) is 136 cm³/mol. The normalized spacial score (nSPS) is 12.3. The van der Waals surface area contributed by atoms with Crippen molar-refractivity contribution in [2.45, 2.75) is 33.4 Å². The maximum absolute atomic E-state index is 14.6. The van der Waals surface area contributed by atoms with Crippen molar-refractivity contribution < 1.29 is 18.6 Å². The SMILES string of the molecule is Cc1nn(-c2ccccc2)c(Oc2ccc(F)cc2F)c1CN(CC(C)C)CC(O)c1ccccc1. The van der Waals surface area contributed by atoms with E-state index >= 15 is 0 Å². The zero-order chi connectivity index (χ0) is 25.7. The lowest BCUT2D eigenvalue weighted by Crippen LogP contribution is -2.32. The molecule has 1 N–H and O–H groups in total. The minimum absolute atomic E-state index is 0.0885. The summed E-state index contributed by atoms with van der Waals surface area (Å²) in [5, 5.41) is 15.6. The van der Waals surface area contributed by atoms with Gasteiger partial charge in [0.1, 0.15) is 5.82 Å². The first-order chi connectivity index (χ1) is 17.3. The molecule has 1 heterocycles. The molecule has 1 atom stereocenters. The van der Waals surface area contributed by atoms with Gasteiger partial charge in [-0.15, -0.1) is 0 Å². The van der Waals surface area contributed by atoms with Crippen LogP contribution in [-0.2, 0) is 6.54 Å². The molecule has 7 heteroatoms. The number of rotatable bonds is 10. The zero-order valence-electron chi connectivity index (χ0n) is 20.7. The maximum Gasteiger partial charge on any atom is 0.227 e. The standard InChI is InChI=1S/C29H31F2N3O2/c1-20(2)17-33(19-27(35)22-10-6-4-7-11-22)18-25-21(3)32-34(24-12-8-5-9-13-24)29(25)36-28-15-14-23(30)16-26(28)31/h4-16,20,27,35H,17-19H2,1-3H3. The Hall–Kier alpha value is -3.55. The van der Waals surface area contributed by atoms with Gasteiger partial charge in [0.2, 0.25) is 5.88 Å². The molecule has 5 nitrogen and oxygen atoms in total. The van der Waals surface area contributed by atoms with Crippen LogP contribution in [0.4, 0.5) is 8.78 Å². The van der Waals surface area contributed by atoms with E-state index in [9.17, 15) is 13.9 Å². The Morgan fingerprint density at radius 3 is 2.25 bits per heavy atom. The summed E-state index contributed by atoms with van der Waals surface area (Å²) in [7, 11) is 0. The number of ether oxygens (including phenoxy) is 1. The first kappa shape index (κ1) is 25.5. The summed E-state index contributed by atoms with van der Waals surface area (Å²) in [6, 6.07) is 22.2. The van der Waals surface area contributed by atoms with Crippen molar-refractivity contribution in [3.63, 3.8) is 0 Å². The molecule has 0 aliphatic rings. The zero-order valence-corrected chi connectivity index (χ0v) is 20.7. The number of nitrogens with zero attached hydrogens (tertiary/aromatic N) is 3. The molecule has 3 aromatic carbocycles. The van der Waals surface area contributed by atoms with E-state index in [0.29, 0.717) is 24.9 Å². The predicted octanol–water partition coefficient (Wildman–Crippen LogP) is 6.44. The summed E-state index contributed by atoms with van der Waals surface area (Å²) in [6.07, 6.45) is -0.673. The molecule has 1 unspecified atom stereocenters. The summed E-state index contributed by atoms with van der Waals surface area (Å²) in [5.41, 5.74) is 3.08. The van der Waals surface area contributed by atoms with E-state index in [1.807, 2.05) is 67.6 Å². The molecule has 0 amide bonds. The smallest absolute Gasteiger partial charge is 0.227 e. The summed E-state index contributed by atoms with van der Waals surface area (Å²) in [5.74, 6) is -0.859. The topological polar surface area (TPSA) is 50.5 Å². The second-order valence-corrected chi connectivity index (χ2v) is 9.31. The van der Waals surface area contributed by atoms with Gasteiger partial charge in [-0.1, -0.05) is 62.4 Å². The second-order valence-electron chi connectivity index (χ2n) is 9.31. The lowest BCUT2D eigenvalue weighted by Gasteiger charge is -2.27. The van der Waals surface area contributed by atoms with E-state index in [1.165, 1.54) is 6.07 Å². The van der Waals surface area contributed by atoms with Gasteiger partial charge in [-0.3, -0.25) is 4.90 Å². The summed E-state index contributed by atoms with van der Waals surface area (Å²) < 4.78 is 35.8. The van der Waals surface area contributed by atoms with Crippen LogP contribution in [0.25, 0.3) is 5.69 Å². The highest BCUT2D eigenvalue weighted by Gasteiger charge is 2.24. The number of aromatic nitrogens is 2. The fourth-order valence-corrected chi connectivity index (χ4v) is 4.20. The van der Waals surface area contributed by atoms with E-state index in [4.69, 9.17) is 9.84 Å². The molecular formula is C29H31F2N3O2. The number of aliphatic hydroxyl groups is 1. The lowest BCUT2D eigenvalue weighted by atomic mass is 10.1. The van der Waals surface area contributed by atoms with Crippen molar-refractivity contribution in [2.75, 3.05) is 13.1 Å². The van der Waals surface area contributed by atoms with Crippen molar-refractivity contribution >= 4 is 0 Å². The average Bonchev–Trinajstić information content (AvgIpc) is 3.16. The van der Waals surface area contributed by atoms with E-state index in [1.54, 1.807) is 4.68 Å². The Morgan fingerprint density at radius 1 is 0.944 bits per heavy atom. The molecule has 0 saturated heterocycles. The summed E-state index contributed by atoms with van der Waals surface area (Å²) in [6.45, 7) is 7.68. The van der Waals surface area contributed by atoms with Crippen molar-refractivity contribution in [3.05, 3.63) is 107 Å². The fourth-order valence-electron chi connectivity index (χ4n) is 4.20. The largest absolute Gasteiger partial charge is 0.435 e. The van der Waals surface area contributed by atoms with E-state index in [2.05, 4.69) is 18.7 Å². The molecule has 0 aliphatic heterocycles. The number of hydrogen-bond donors (Lipinski definition) is 1. The van der Waals surface area contributed by atoms with Crippen molar-refractivity contribution in [1.29, 1.82) is 0 Å². The van der Waals surface area contributed by atoms with Gasteiger partial charge >= 0.3 is 0 Å². The van der Waals surface area contributed by atoms with E-state index in [-0.39, 0.29) is 5.75 Å². The Kier molecular flexibility index (Phi) is 8.13.